The third kappa shape index (κ3) is 5.73. The second kappa shape index (κ2) is 8.56. The number of benzene rings is 1. The second-order valence-electron chi connectivity index (χ2n) is 5.37. The largest absolute Gasteiger partial charge is 1.00 e. The summed E-state index contributed by atoms with van der Waals surface area (Å²) in [5.74, 6) is -0.288. The molecule has 0 bridgehead atoms. The van der Waals surface area contributed by atoms with Crippen LogP contribution in [-0.4, -0.2) is 25.0 Å². The summed E-state index contributed by atoms with van der Waals surface area (Å²) in [5.41, 5.74) is -6.39. The fraction of sp³-hybridized carbons (Fsp3) is 0.538. The zero-order chi connectivity index (χ0) is 18.0. The van der Waals surface area contributed by atoms with Crippen LogP contribution in [0.2, 0.25) is 0 Å². The van der Waals surface area contributed by atoms with Gasteiger partial charge < -0.3 is 4.74 Å². The normalized spacial score (nSPS) is 16.0. The number of non-ortho nitro benzene ring substituents is 1. The maximum Gasteiger partial charge on any atom is 1.00 e. The van der Waals surface area contributed by atoms with E-state index in [-0.39, 0.29) is 41.4 Å². The summed E-state index contributed by atoms with van der Waals surface area (Å²) in [6.45, 7) is 0. The number of ether oxygens (including phenoxy) is 1. The van der Waals surface area contributed by atoms with Crippen LogP contribution in [0.15, 0.2) is 18.2 Å². The molecule has 1 aromatic rings. The monoisotopic (exact) mass is 391 g/mol. The molecule has 1 aromatic carbocycles. The summed E-state index contributed by atoms with van der Waals surface area (Å²) >= 11 is 0. The molecular weight excluding hydrogens is 376 g/mol. The molecule has 7 nitrogen and oxygen atoms in total. The Balaban J connectivity index is 0.00000312. The first-order chi connectivity index (χ1) is 11.1. The Bertz CT molecular complexity index is 721. The standard InChI is InChI=1S/C13H15F3N2O5S.Na/c14-13(15,16)24(21,22)17-11-7-6-9(18(19)20)8-12(11)23-10-4-2-1-3-5-10;/h6-8,10,17H,1-5H2;/q;+1. The summed E-state index contributed by atoms with van der Waals surface area (Å²) < 4.78 is 67.0. The van der Waals surface area contributed by atoms with Gasteiger partial charge in [0.2, 0.25) is 0 Å². The Kier molecular flexibility index (Phi) is 7.54. The molecule has 0 aliphatic heterocycles. The Labute approximate surface area is 164 Å². The minimum absolute atomic E-state index is 0. The van der Waals surface area contributed by atoms with Crippen LogP contribution in [0.4, 0.5) is 24.5 Å². The van der Waals surface area contributed by atoms with Gasteiger partial charge in [-0.05, 0) is 31.7 Å². The molecule has 1 N–H and O–H groups in total. The number of alkyl halides is 3. The second-order valence-corrected chi connectivity index (χ2v) is 7.04. The van der Waals surface area contributed by atoms with Crippen LogP contribution in [0.25, 0.3) is 0 Å². The number of hydrogen-bond donors (Lipinski definition) is 1. The van der Waals surface area contributed by atoms with Gasteiger partial charge in [-0.1, -0.05) is 6.42 Å². The maximum atomic E-state index is 12.5. The van der Waals surface area contributed by atoms with Crippen LogP contribution in [0.5, 0.6) is 5.75 Å². The van der Waals surface area contributed by atoms with Crippen molar-refractivity contribution in [1.82, 2.24) is 0 Å². The molecule has 1 fully saturated rings. The molecule has 0 atom stereocenters. The first-order valence-corrected chi connectivity index (χ1v) is 8.62. The maximum absolute atomic E-state index is 12.5. The summed E-state index contributed by atoms with van der Waals surface area (Å²) in [6.07, 6.45) is 3.70. The van der Waals surface area contributed by atoms with Gasteiger partial charge in [0, 0.05) is 6.07 Å². The zero-order valence-electron chi connectivity index (χ0n) is 13.4. The van der Waals surface area contributed by atoms with Crippen molar-refractivity contribution in [3.63, 3.8) is 0 Å². The van der Waals surface area contributed by atoms with Crippen molar-refractivity contribution in [3.8, 4) is 5.75 Å². The van der Waals surface area contributed by atoms with Crippen LogP contribution >= 0.6 is 0 Å². The number of anilines is 1. The average molecular weight is 391 g/mol. The Morgan fingerprint density at radius 1 is 1.20 bits per heavy atom. The molecule has 0 radical (unpaired) electrons. The zero-order valence-corrected chi connectivity index (χ0v) is 16.2. The van der Waals surface area contributed by atoms with Crippen molar-refractivity contribution in [3.05, 3.63) is 28.3 Å². The van der Waals surface area contributed by atoms with Crippen molar-refractivity contribution < 1.29 is 60.8 Å². The van der Waals surface area contributed by atoms with E-state index < -0.39 is 31.8 Å². The van der Waals surface area contributed by atoms with Gasteiger partial charge in [-0.2, -0.15) is 21.6 Å². The van der Waals surface area contributed by atoms with Gasteiger partial charge in [0.25, 0.3) is 5.69 Å². The minimum Gasteiger partial charge on any atom is -0.488 e. The van der Waals surface area contributed by atoms with Crippen LogP contribution in [-0.2, 0) is 10.0 Å². The number of nitro benzene ring substituents is 1. The number of nitro groups is 1. The van der Waals surface area contributed by atoms with Gasteiger partial charge in [-0.25, -0.2) is 0 Å². The molecule has 1 saturated carbocycles. The molecule has 1 aliphatic carbocycles. The van der Waals surface area contributed by atoms with Crippen molar-refractivity contribution in [2.75, 3.05) is 4.72 Å². The number of sulfonamides is 1. The smallest absolute Gasteiger partial charge is 0.488 e. The number of rotatable bonds is 5. The molecule has 134 valence electrons. The quantitative estimate of drug-likeness (QED) is 0.450. The third-order valence-electron chi connectivity index (χ3n) is 3.57. The summed E-state index contributed by atoms with van der Waals surface area (Å²) in [5, 5.41) is 10.8. The van der Waals surface area contributed by atoms with E-state index in [9.17, 15) is 31.7 Å². The van der Waals surface area contributed by atoms with E-state index in [4.69, 9.17) is 4.74 Å². The van der Waals surface area contributed by atoms with Crippen molar-refractivity contribution in [2.45, 2.75) is 43.7 Å². The van der Waals surface area contributed by atoms with E-state index in [1.165, 1.54) is 4.72 Å². The molecule has 25 heavy (non-hydrogen) atoms. The first kappa shape index (κ1) is 22.0. The van der Waals surface area contributed by atoms with Crippen LogP contribution < -0.4 is 39.0 Å². The Hall–Kier alpha value is -1.04. The van der Waals surface area contributed by atoms with E-state index in [1.54, 1.807) is 0 Å². The fourth-order valence-electron chi connectivity index (χ4n) is 2.37. The van der Waals surface area contributed by atoms with E-state index in [0.717, 1.165) is 37.5 Å². The number of nitrogens with zero attached hydrogens (tertiary/aromatic N) is 1. The van der Waals surface area contributed by atoms with Gasteiger partial charge in [0.05, 0.1) is 22.8 Å². The predicted molar refractivity (Wildman–Crippen MR) is 79.2 cm³/mol. The summed E-state index contributed by atoms with van der Waals surface area (Å²) in [6, 6.07) is 2.71. The van der Waals surface area contributed by atoms with E-state index in [2.05, 4.69) is 0 Å². The molecule has 0 heterocycles. The molecule has 0 unspecified atom stereocenters. The topological polar surface area (TPSA) is 98.5 Å². The van der Waals surface area contributed by atoms with E-state index in [1.807, 2.05) is 0 Å². The summed E-state index contributed by atoms with van der Waals surface area (Å²) in [4.78, 5) is 10.1. The molecule has 0 aromatic heterocycles. The van der Waals surface area contributed by atoms with Crippen LogP contribution in [0, 0.1) is 10.1 Å². The third-order valence-corrected chi connectivity index (χ3v) is 4.67. The van der Waals surface area contributed by atoms with Crippen LogP contribution in [0.3, 0.4) is 0 Å². The van der Waals surface area contributed by atoms with E-state index in [0.29, 0.717) is 12.8 Å². The number of hydrogen-bond acceptors (Lipinski definition) is 5. The Morgan fingerprint density at radius 3 is 2.32 bits per heavy atom. The molecular formula is C13H15F3N2NaO5S+. The Morgan fingerprint density at radius 2 is 1.80 bits per heavy atom. The molecule has 1 aliphatic rings. The van der Waals surface area contributed by atoms with Crippen molar-refractivity contribution in [2.24, 2.45) is 0 Å². The van der Waals surface area contributed by atoms with Gasteiger partial charge in [0.15, 0.2) is 5.75 Å². The molecule has 0 spiro atoms. The van der Waals surface area contributed by atoms with Crippen LogP contribution in [0.1, 0.15) is 32.1 Å². The minimum atomic E-state index is -5.65. The predicted octanol–water partition coefficient (Wildman–Crippen LogP) is 0.572. The molecule has 0 amide bonds. The van der Waals surface area contributed by atoms with Gasteiger partial charge in [-0.3, -0.25) is 14.8 Å². The van der Waals surface area contributed by atoms with Crippen molar-refractivity contribution in [1.29, 1.82) is 0 Å². The van der Waals surface area contributed by atoms with Gasteiger partial charge in [0.1, 0.15) is 0 Å². The van der Waals surface area contributed by atoms with Crippen molar-refractivity contribution >= 4 is 21.4 Å². The first-order valence-electron chi connectivity index (χ1n) is 7.14. The molecule has 12 heteroatoms. The number of nitrogens with one attached hydrogen (secondary N) is 1. The average Bonchev–Trinajstić information content (AvgIpc) is 2.48. The van der Waals surface area contributed by atoms with Gasteiger partial charge >= 0.3 is 45.1 Å². The fourth-order valence-corrected chi connectivity index (χ4v) is 2.95. The van der Waals surface area contributed by atoms with E-state index >= 15 is 0 Å². The molecule has 2 rings (SSSR count). The molecule has 0 saturated heterocycles. The van der Waals surface area contributed by atoms with Gasteiger partial charge in [-0.15, -0.1) is 0 Å². The SMILES string of the molecule is O=[N+]([O-])c1ccc(NS(=O)(=O)C(F)(F)F)c(OC2CCCCC2)c1.[Na+]. The number of halogens is 3. The summed E-state index contributed by atoms with van der Waals surface area (Å²) in [7, 11) is -5.65.